The Balaban J connectivity index is 1.46. The molecule has 0 atom stereocenters. The molecule has 0 saturated carbocycles. The molecule has 1 amide bonds. The SMILES string of the molecule is COC(=O)c1cccc(NC(=O)CSc2nnc(COc3ccc(OC)cc3)o2)c1. The van der Waals surface area contributed by atoms with Crippen LogP contribution in [0.15, 0.2) is 58.2 Å². The molecule has 30 heavy (non-hydrogen) atoms. The van der Waals surface area contributed by atoms with Crippen molar-refractivity contribution in [2.24, 2.45) is 0 Å². The third kappa shape index (κ3) is 5.98. The first-order valence-corrected chi connectivity index (χ1v) is 9.76. The van der Waals surface area contributed by atoms with Gasteiger partial charge in [-0.05, 0) is 42.5 Å². The Labute approximate surface area is 176 Å². The Morgan fingerprint density at radius 1 is 1.07 bits per heavy atom. The molecule has 0 fully saturated rings. The average molecular weight is 429 g/mol. The summed E-state index contributed by atoms with van der Waals surface area (Å²) in [5, 5.41) is 10.7. The van der Waals surface area contributed by atoms with E-state index >= 15 is 0 Å². The molecule has 3 aromatic rings. The van der Waals surface area contributed by atoms with Crippen molar-refractivity contribution in [3.8, 4) is 11.5 Å². The molecular weight excluding hydrogens is 410 g/mol. The van der Waals surface area contributed by atoms with Crippen LogP contribution >= 0.6 is 11.8 Å². The molecular formula is C20H19N3O6S. The first-order valence-electron chi connectivity index (χ1n) is 8.77. The largest absolute Gasteiger partial charge is 0.497 e. The van der Waals surface area contributed by atoms with Crippen LogP contribution in [-0.2, 0) is 16.1 Å². The minimum absolute atomic E-state index is 0.0590. The topological polar surface area (TPSA) is 113 Å². The number of hydrogen-bond acceptors (Lipinski definition) is 9. The maximum Gasteiger partial charge on any atom is 0.337 e. The van der Waals surface area contributed by atoms with E-state index in [0.29, 0.717) is 22.9 Å². The molecule has 1 heterocycles. The number of hydrogen-bond donors (Lipinski definition) is 1. The van der Waals surface area contributed by atoms with E-state index in [2.05, 4.69) is 20.3 Å². The summed E-state index contributed by atoms with van der Waals surface area (Å²) in [5.41, 5.74) is 0.837. The van der Waals surface area contributed by atoms with Crippen LogP contribution in [0.5, 0.6) is 11.5 Å². The number of amides is 1. The number of carbonyl (C=O) groups excluding carboxylic acids is 2. The van der Waals surface area contributed by atoms with Gasteiger partial charge >= 0.3 is 5.97 Å². The molecule has 0 spiro atoms. The molecule has 156 valence electrons. The first-order chi connectivity index (χ1) is 14.6. The fraction of sp³-hybridized carbons (Fsp3) is 0.200. The Hall–Kier alpha value is -3.53. The number of aromatic nitrogens is 2. The molecule has 0 aliphatic carbocycles. The lowest BCUT2D eigenvalue weighted by molar-refractivity contribution is -0.113. The zero-order valence-corrected chi connectivity index (χ0v) is 17.1. The summed E-state index contributed by atoms with van der Waals surface area (Å²) >= 11 is 1.09. The van der Waals surface area contributed by atoms with Gasteiger partial charge in [0.1, 0.15) is 11.5 Å². The Kier molecular flexibility index (Phi) is 7.28. The van der Waals surface area contributed by atoms with Crippen LogP contribution in [0.4, 0.5) is 5.69 Å². The van der Waals surface area contributed by atoms with Gasteiger partial charge in [0.25, 0.3) is 11.1 Å². The zero-order chi connectivity index (χ0) is 21.3. The predicted octanol–water partition coefficient (Wildman–Crippen LogP) is 3.17. The molecule has 0 radical (unpaired) electrons. The van der Waals surface area contributed by atoms with Crippen LogP contribution in [0.25, 0.3) is 0 Å². The summed E-state index contributed by atoms with van der Waals surface area (Å²) in [6.45, 7) is 0.104. The van der Waals surface area contributed by atoms with Crippen molar-refractivity contribution in [3.63, 3.8) is 0 Å². The first kappa shape index (κ1) is 21.2. The van der Waals surface area contributed by atoms with Crippen LogP contribution in [0.1, 0.15) is 16.2 Å². The summed E-state index contributed by atoms with van der Waals surface area (Å²) in [6, 6.07) is 13.6. The normalized spacial score (nSPS) is 10.3. The molecule has 1 N–H and O–H groups in total. The number of carbonyl (C=O) groups is 2. The van der Waals surface area contributed by atoms with E-state index in [-0.39, 0.29) is 23.5 Å². The quantitative estimate of drug-likeness (QED) is 0.405. The lowest BCUT2D eigenvalue weighted by Gasteiger charge is -2.06. The van der Waals surface area contributed by atoms with Crippen LogP contribution in [0, 0.1) is 0 Å². The highest BCUT2D eigenvalue weighted by Gasteiger charge is 2.12. The summed E-state index contributed by atoms with van der Waals surface area (Å²) in [5.74, 6) is 0.959. The third-order valence-electron chi connectivity index (χ3n) is 3.76. The highest BCUT2D eigenvalue weighted by molar-refractivity contribution is 7.99. The van der Waals surface area contributed by atoms with Crippen molar-refractivity contribution in [2.45, 2.75) is 11.8 Å². The van der Waals surface area contributed by atoms with Gasteiger partial charge in [0.15, 0.2) is 6.61 Å². The second-order valence-electron chi connectivity index (χ2n) is 5.84. The maximum atomic E-state index is 12.1. The molecule has 0 unspecified atom stereocenters. The molecule has 9 nitrogen and oxygen atoms in total. The minimum Gasteiger partial charge on any atom is -0.497 e. The van der Waals surface area contributed by atoms with Crippen molar-refractivity contribution < 1.29 is 28.2 Å². The maximum absolute atomic E-state index is 12.1. The van der Waals surface area contributed by atoms with E-state index in [4.69, 9.17) is 13.9 Å². The Morgan fingerprint density at radius 3 is 2.57 bits per heavy atom. The molecule has 10 heteroatoms. The van der Waals surface area contributed by atoms with E-state index in [1.54, 1.807) is 49.6 Å². The van der Waals surface area contributed by atoms with Crippen LogP contribution in [0.2, 0.25) is 0 Å². The highest BCUT2D eigenvalue weighted by atomic mass is 32.2. The molecule has 0 aliphatic heterocycles. The van der Waals surface area contributed by atoms with Gasteiger partial charge in [-0.3, -0.25) is 4.79 Å². The van der Waals surface area contributed by atoms with Crippen molar-refractivity contribution in [1.82, 2.24) is 10.2 Å². The number of ether oxygens (including phenoxy) is 3. The monoisotopic (exact) mass is 429 g/mol. The second kappa shape index (κ2) is 10.3. The Bertz CT molecular complexity index is 1010. The number of esters is 1. The Morgan fingerprint density at radius 2 is 1.83 bits per heavy atom. The van der Waals surface area contributed by atoms with Gasteiger partial charge in [-0.1, -0.05) is 17.8 Å². The number of rotatable bonds is 9. The van der Waals surface area contributed by atoms with Crippen molar-refractivity contribution in [1.29, 1.82) is 0 Å². The number of thioether (sulfide) groups is 1. The fourth-order valence-corrected chi connectivity index (χ4v) is 2.92. The smallest absolute Gasteiger partial charge is 0.337 e. The van der Waals surface area contributed by atoms with Gasteiger partial charge in [-0.25, -0.2) is 4.79 Å². The number of benzene rings is 2. The summed E-state index contributed by atoms with van der Waals surface area (Å²) in [6.07, 6.45) is 0. The van der Waals surface area contributed by atoms with Crippen LogP contribution in [-0.4, -0.2) is 42.0 Å². The van der Waals surface area contributed by atoms with Gasteiger partial charge in [0, 0.05) is 5.69 Å². The van der Waals surface area contributed by atoms with E-state index in [9.17, 15) is 9.59 Å². The molecule has 0 bridgehead atoms. The van der Waals surface area contributed by atoms with Gasteiger partial charge in [0.2, 0.25) is 5.91 Å². The lowest BCUT2D eigenvalue weighted by atomic mass is 10.2. The second-order valence-corrected chi connectivity index (χ2v) is 6.76. The molecule has 0 saturated heterocycles. The van der Waals surface area contributed by atoms with Crippen molar-refractivity contribution in [3.05, 3.63) is 60.0 Å². The lowest BCUT2D eigenvalue weighted by Crippen LogP contribution is -2.14. The molecule has 0 aliphatic rings. The predicted molar refractivity (Wildman–Crippen MR) is 109 cm³/mol. The van der Waals surface area contributed by atoms with Gasteiger partial charge in [-0.2, -0.15) is 0 Å². The van der Waals surface area contributed by atoms with Gasteiger partial charge in [-0.15, -0.1) is 10.2 Å². The molecule has 2 aromatic carbocycles. The standard InChI is InChI=1S/C20H19N3O6S/c1-26-15-6-8-16(9-7-15)28-11-18-22-23-20(29-18)30-12-17(24)21-14-5-3-4-13(10-14)19(25)27-2/h3-10H,11-12H2,1-2H3,(H,21,24). The minimum atomic E-state index is -0.476. The molecule has 3 rings (SSSR count). The number of methoxy groups -OCH3 is 2. The number of nitrogens with zero attached hydrogens (tertiary/aromatic N) is 2. The summed E-state index contributed by atoms with van der Waals surface area (Å²) in [4.78, 5) is 23.7. The van der Waals surface area contributed by atoms with Crippen molar-refractivity contribution in [2.75, 3.05) is 25.3 Å². The van der Waals surface area contributed by atoms with Gasteiger partial charge in [0.05, 0.1) is 25.5 Å². The number of anilines is 1. The summed E-state index contributed by atoms with van der Waals surface area (Å²) in [7, 11) is 2.89. The zero-order valence-electron chi connectivity index (χ0n) is 16.3. The van der Waals surface area contributed by atoms with E-state index in [0.717, 1.165) is 17.5 Å². The van der Waals surface area contributed by atoms with Gasteiger partial charge < -0.3 is 23.9 Å². The van der Waals surface area contributed by atoms with E-state index in [1.165, 1.54) is 13.2 Å². The van der Waals surface area contributed by atoms with Crippen LogP contribution < -0.4 is 14.8 Å². The summed E-state index contributed by atoms with van der Waals surface area (Å²) < 4.78 is 20.8. The molecule has 1 aromatic heterocycles. The van der Waals surface area contributed by atoms with Crippen LogP contribution in [0.3, 0.4) is 0 Å². The number of nitrogens with one attached hydrogen (secondary N) is 1. The van der Waals surface area contributed by atoms with Crippen molar-refractivity contribution >= 4 is 29.3 Å². The highest BCUT2D eigenvalue weighted by Crippen LogP contribution is 2.20. The average Bonchev–Trinajstić information content (AvgIpc) is 3.24. The third-order valence-corrected chi connectivity index (χ3v) is 4.58. The van der Waals surface area contributed by atoms with E-state index < -0.39 is 5.97 Å². The van der Waals surface area contributed by atoms with E-state index in [1.807, 2.05) is 0 Å². The fourth-order valence-electron chi connectivity index (χ4n) is 2.34.